The molecule has 114 valence electrons. The second kappa shape index (κ2) is 5.80. The molecule has 1 N–H and O–H groups in total. The average molecular weight is 302 g/mol. The predicted octanol–water partition coefficient (Wildman–Crippen LogP) is -0.0995. The number of aromatic nitrogens is 4. The predicted molar refractivity (Wildman–Crippen MR) is 74.9 cm³/mol. The third-order valence-electron chi connectivity index (χ3n) is 3.22. The normalized spacial score (nSPS) is 14.0. The Balaban J connectivity index is 1.73. The Bertz CT molecular complexity index is 713. The molecule has 0 unspecified atom stereocenters. The first-order chi connectivity index (χ1) is 10.7. The fourth-order valence-electron chi connectivity index (χ4n) is 2.10. The first kappa shape index (κ1) is 14.0. The molecule has 1 aliphatic rings. The van der Waals surface area contributed by atoms with Gasteiger partial charge in [0.15, 0.2) is 0 Å². The molecule has 3 amide bonds. The van der Waals surface area contributed by atoms with Gasteiger partial charge in [-0.1, -0.05) is 12.1 Å². The molecule has 0 aliphatic carbocycles. The topological polar surface area (TPSA) is 102 Å². The number of methoxy groups -OCH3 is 1. The summed E-state index contributed by atoms with van der Waals surface area (Å²) in [4.78, 5) is 25.7. The van der Waals surface area contributed by atoms with Crippen molar-refractivity contribution >= 4 is 11.9 Å². The summed E-state index contributed by atoms with van der Waals surface area (Å²) in [5, 5.41) is 14.5. The molecule has 9 nitrogen and oxygen atoms in total. The van der Waals surface area contributed by atoms with E-state index in [0.29, 0.717) is 24.7 Å². The largest absolute Gasteiger partial charge is 0.497 e. The molecule has 1 aliphatic heterocycles. The van der Waals surface area contributed by atoms with Crippen LogP contribution in [0.3, 0.4) is 0 Å². The molecule has 0 saturated carbocycles. The van der Waals surface area contributed by atoms with E-state index in [1.807, 2.05) is 18.2 Å². The molecule has 0 spiro atoms. The van der Waals surface area contributed by atoms with E-state index in [4.69, 9.17) is 4.74 Å². The minimum Gasteiger partial charge on any atom is -0.497 e. The SMILES string of the molecule is COc1cccc(-c2nnn(CC(=O)N3CCNC3=O)n2)c1. The number of carbonyl (C=O) groups excluding carboxylic acids is 2. The number of benzene rings is 1. The van der Waals surface area contributed by atoms with E-state index >= 15 is 0 Å². The number of nitrogens with zero attached hydrogens (tertiary/aromatic N) is 5. The van der Waals surface area contributed by atoms with Gasteiger partial charge in [0.1, 0.15) is 12.3 Å². The van der Waals surface area contributed by atoms with Crippen molar-refractivity contribution in [3.05, 3.63) is 24.3 Å². The van der Waals surface area contributed by atoms with Crippen LogP contribution in [0.2, 0.25) is 0 Å². The van der Waals surface area contributed by atoms with Crippen LogP contribution < -0.4 is 10.1 Å². The van der Waals surface area contributed by atoms with Gasteiger partial charge in [-0.2, -0.15) is 4.80 Å². The van der Waals surface area contributed by atoms with Crippen LogP contribution in [0, 0.1) is 0 Å². The maximum atomic E-state index is 12.0. The first-order valence-electron chi connectivity index (χ1n) is 6.68. The zero-order valence-corrected chi connectivity index (χ0v) is 11.9. The van der Waals surface area contributed by atoms with E-state index < -0.39 is 6.03 Å². The number of carbonyl (C=O) groups is 2. The van der Waals surface area contributed by atoms with E-state index in [-0.39, 0.29) is 12.5 Å². The van der Waals surface area contributed by atoms with Crippen molar-refractivity contribution in [2.24, 2.45) is 0 Å². The number of urea groups is 1. The monoisotopic (exact) mass is 302 g/mol. The smallest absolute Gasteiger partial charge is 0.324 e. The molecule has 1 aromatic heterocycles. The minimum absolute atomic E-state index is 0.135. The third kappa shape index (κ3) is 2.73. The summed E-state index contributed by atoms with van der Waals surface area (Å²) < 4.78 is 5.14. The molecule has 0 radical (unpaired) electrons. The number of tetrazole rings is 1. The summed E-state index contributed by atoms with van der Waals surface area (Å²) in [6, 6.07) is 6.83. The minimum atomic E-state index is -0.391. The summed E-state index contributed by atoms with van der Waals surface area (Å²) >= 11 is 0. The van der Waals surface area contributed by atoms with Crippen molar-refractivity contribution in [1.29, 1.82) is 0 Å². The van der Waals surface area contributed by atoms with Gasteiger partial charge in [0, 0.05) is 18.7 Å². The third-order valence-corrected chi connectivity index (χ3v) is 3.22. The van der Waals surface area contributed by atoms with Crippen LogP contribution in [0.5, 0.6) is 5.75 Å². The standard InChI is InChI=1S/C13H14N6O3/c1-22-10-4-2-3-9(7-10)12-15-17-19(16-12)8-11(20)18-6-5-14-13(18)21/h2-4,7H,5-6,8H2,1H3,(H,14,21). The molecule has 9 heteroatoms. The maximum Gasteiger partial charge on any atom is 0.324 e. The van der Waals surface area contributed by atoms with Gasteiger partial charge in [-0.25, -0.2) is 4.79 Å². The Hall–Kier alpha value is -2.97. The van der Waals surface area contributed by atoms with Crippen LogP contribution in [0.1, 0.15) is 0 Å². The van der Waals surface area contributed by atoms with Gasteiger partial charge >= 0.3 is 6.03 Å². The molecule has 3 rings (SSSR count). The fraction of sp³-hybridized carbons (Fsp3) is 0.308. The summed E-state index contributed by atoms with van der Waals surface area (Å²) in [5.74, 6) is 0.695. The molecule has 1 fully saturated rings. The summed E-state index contributed by atoms with van der Waals surface area (Å²) in [7, 11) is 1.57. The molecular weight excluding hydrogens is 288 g/mol. The second-order valence-electron chi connectivity index (χ2n) is 4.65. The summed E-state index contributed by atoms with van der Waals surface area (Å²) in [6.07, 6.45) is 0. The Labute approximate surface area is 125 Å². The van der Waals surface area contributed by atoms with E-state index in [1.165, 1.54) is 4.80 Å². The summed E-state index contributed by atoms with van der Waals surface area (Å²) in [5.41, 5.74) is 0.733. The van der Waals surface area contributed by atoms with Gasteiger partial charge in [-0.15, -0.1) is 10.2 Å². The molecule has 2 heterocycles. The van der Waals surface area contributed by atoms with E-state index in [1.54, 1.807) is 13.2 Å². The van der Waals surface area contributed by atoms with Crippen LogP contribution in [-0.4, -0.2) is 57.2 Å². The van der Waals surface area contributed by atoms with Gasteiger partial charge in [0.05, 0.1) is 7.11 Å². The molecule has 0 bridgehead atoms. The molecule has 22 heavy (non-hydrogen) atoms. The van der Waals surface area contributed by atoms with E-state index in [0.717, 1.165) is 10.5 Å². The molecule has 0 atom stereocenters. The Morgan fingerprint density at radius 1 is 1.45 bits per heavy atom. The Kier molecular flexibility index (Phi) is 3.69. The van der Waals surface area contributed by atoms with Crippen LogP contribution in [0.25, 0.3) is 11.4 Å². The molecule has 2 aromatic rings. The molecular formula is C13H14N6O3. The fourth-order valence-corrected chi connectivity index (χ4v) is 2.10. The maximum absolute atomic E-state index is 12.0. The number of nitrogens with one attached hydrogen (secondary N) is 1. The van der Waals surface area contributed by atoms with Crippen molar-refractivity contribution in [3.8, 4) is 17.1 Å². The lowest BCUT2D eigenvalue weighted by Gasteiger charge is -2.10. The number of amides is 3. The highest BCUT2D eigenvalue weighted by molar-refractivity contribution is 5.95. The summed E-state index contributed by atoms with van der Waals surface area (Å²) in [6.45, 7) is 0.684. The van der Waals surface area contributed by atoms with Crippen LogP contribution in [-0.2, 0) is 11.3 Å². The van der Waals surface area contributed by atoms with Crippen LogP contribution in [0.15, 0.2) is 24.3 Å². The number of rotatable bonds is 4. The Morgan fingerprint density at radius 2 is 2.32 bits per heavy atom. The lowest BCUT2D eigenvalue weighted by Crippen LogP contribution is -2.37. The second-order valence-corrected chi connectivity index (χ2v) is 4.65. The van der Waals surface area contributed by atoms with Gasteiger partial charge in [-0.05, 0) is 17.3 Å². The quantitative estimate of drug-likeness (QED) is 0.846. The molecule has 1 saturated heterocycles. The zero-order valence-electron chi connectivity index (χ0n) is 11.9. The van der Waals surface area contributed by atoms with Crippen molar-refractivity contribution in [1.82, 2.24) is 30.4 Å². The number of imide groups is 1. The van der Waals surface area contributed by atoms with Gasteiger partial charge in [0.2, 0.25) is 5.82 Å². The van der Waals surface area contributed by atoms with Crippen molar-refractivity contribution in [2.45, 2.75) is 6.54 Å². The van der Waals surface area contributed by atoms with Crippen molar-refractivity contribution in [2.75, 3.05) is 20.2 Å². The van der Waals surface area contributed by atoms with E-state index in [9.17, 15) is 9.59 Å². The van der Waals surface area contributed by atoms with E-state index in [2.05, 4.69) is 20.7 Å². The number of hydrogen-bond acceptors (Lipinski definition) is 6. The van der Waals surface area contributed by atoms with Crippen LogP contribution in [0.4, 0.5) is 4.79 Å². The zero-order chi connectivity index (χ0) is 15.5. The number of hydrogen-bond donors (Lipinski definition) is 1. The highest BCUT2D eigenvalue weighted by Gasteiger charge is 2.26. The van der Waals surface area contributed by atoms with Gasteiger partial charge in [0.25, 0.3) is 5.91 Å². The van der Waals surface area contributed by atoms with Gasteiger partial charge in [-0.3, -0.25) is 9.69 Å². The first-order valence-corrected chi connectivity index (χ1v) is 6.68. The number of ether oxygens (including phenoxy) is 1. The van der Waals surface area contributed by atoms with Crippen LogP contribution >= 0.6 is 0 Å². The highest BCUT2D eigenvalue weighted by atomic mass is 16.5. The molecule has 1 aromatic carbocycles. The van der Waals surface area contributed by atoms with Crippen molar-refractivity contribution < 1.29 is 14.3 Å². The highest BCUT2D eigenvalue weighted by Crippen LogP contribution is 2.19. The average Bonchev–Trinajstić information content (AvgIpc) is 3.16. The lowest BCUT2D eigenvalue weighted by molar-refractivity contribution is -0.128. The Morgan fingerprint density at radius 3 is 3.05 bits per heavy atom. The lowest BCUT2D eigenvalue weighted by atomic mass is 10.2. The van der Waals surface area contributed by atoms with Crippen molar-refractivity contribution in [3.63, 3.8) is 0 Å². The van der Waals surface area contributed by atoms with Gasteiger partial charge < -0.3 is 10.1 Å².